The number of ether oxygens (including phenoxy) is 1. The predicted octanol–water partition coefficient (Wildman–Crippen LogP) is 1.68. The zero-order valence-corrected chi connectivity index (χ0v) is 11.4. The fourth-order valence-corrected chi connectivity index (χ4v) is 2.14. The molecule has 1 saturated carbocycles. The van der Waals surface area contributed by atoms with Crippen LogP contribution in [0.4, 0.5) is 0 Å². The molecule has 5 heteroatoms. The maximum atomic E-state index is 11.0. The standard InChI is InChI=1S/C12H18O4S/c1-9(13)16-8-11-7-10(12(11,2)3)5-6-17(4,14)15/h6,11H,7-8H2,1-4H3. The summed E-state index contributed by atoms with van der Waals surface area (Å²) in [6.07, 6.45) is 1.87. The van der Waals surface area contributed by atoms with Gasteiger partial charge in [0.25, 0.3) is 0 Å². The molecule has 1 aliphatic carbocycles. The van der Waals surface area contributed by atoms with Gasteiger partial charge in [-0.2, -0.15) is 0 Å². The Morgan fingerprint density at radius 3 is 2.59 bits per heavy atom. The molecule has 96 valence electrons. The van der Waals surface area contributed by atoms with Gasteiger partial charge < -0.3 is 4.74 Å². The fraction of sp³-hybridized carbons (Fsp3) is 0.667. The Balaban J connectivity index is 2.73. The van der Waals surface area contributed by atoms with Crippen LogP contribution in [0.5, 0.6) is 0 Å². The third kappa shape index (κ3) is 3.72. The van der Waals surface area contributed by atoms with E-state index in [2.05, 4.69) is 5.73 Å². The summed E-state index contributed by atoms with van der Waals surface area (Å²) in [6, 6.07) is 0. The molecule has 17 heavy (non-hydrogen) atoms. The van der Waals surface area contributed by atoms with Crippen molar-refractivity contribution in [1.82, 2.24) is 0 Å². The summed E-state index contributed by atoms with van der Waals surface area (Å²) >= 11 is 0. The van der Waals surface area contributed by atoms with E-state index in [9.17, 15) is 13.2 Å². The summed E-state index contributed by atoms with van der Waals surface area (Å²) in [6.45, 7) is 5.77. The van der Waals surface area contributed by atoms with E-state index in [1.807, 2.05) is 13.8 Å². The number of hydrogen-bond acceptors (Lipinski definition) is 4. The molecular formula is C12H18O4S. The van der Waals surface area contributed by atoms with Crippen molar-refractivity contribution < 1.29 is 17.9 Å². The van der Waals surface area contributed by atoms with E-state index in [1.165, 1.54) is 6.92 Å². The van der Waals surface area contributed by atoms with E-state index >= 15 is 0 Å². The highest BCUT2D eigenvalue weighted by Gasteiger charge is 2.44. The van der Waals surface area contributed by atoms with Gasteiger partial charge in [0.15, 0.2) is 9.84 Å². The fourth-order valence-electron chi connectivity index (χ4n) is 1.79. The van der Waals surface area contributed by atoms with Crippen LogP contribution in [-0.2, 0) is 19.4 Å². The van der Waals surface area contributed by atoms with E-state index < -0.39 is 9.84 Å². The molecule has 0 aromatic carbocycles. The van der Waals surface area contributed by atoms with Gasteiger partial charge in [0.05, 0.1) is 12.0 Å². The molecule has 1 aliphatic rings. The smallest absolute Gasteiger partial charge is 0.302 e. The van der Waals surface area contributed by atoms with Crippen molar-refractivity contribution in [3.8, 4) is 0 Å². The molecular weight excluding hydrogens is 240 g/mol. The Hall–Kier alpha value is -1.06. The predicted molar refractivity (Wildman–Crippen MR) is 65.0 cm³/mol. The van der Waals surface area contributed by atoms with Gasteiger partial charge in [-0.1, -0.05) is 13.8 Å². The van der Waals surface area contributed by atoms with Crippen LogP contribution in [0.25, 0.3) is 0 Å². The quantitative estimate of drug-likeness (QED) is 0.571. The van der Waals surface area contributed by atoms with Crippen molar-refractivity contribution in [3.63, 3.8) is 0 Å². The largest absolute Gasteiger partial charge is 0.466 e. The first kappa shape index (κ1) is 14.0. The lowest BCUT2D eigenvalue weighted by molar-refractivity contribution is -0.144. The van der Waals surface area contributed by atoms with Crippen LogP contribution in [0.2, 0.25) is 0 Å². The summed E-state index contributed by atoms with van der Waals surface area (Å²) in [5.74, 6) is -0.0493. The Morgan fingerprint density at radius 1 is 1.59 bits per heavy atom. The number of allylic oxidation sites excluding steroid dienone is 1. The van der Waals surface area contributed by atoms with Crippen LogP contribution in [0.3, 0.4) is 0 Å². The van der Waals surface area contributed by atoms with Gasteiger partial charge in [0.1, 0.15) is 0 Å². The number of sulfone groups is 1. The van der Waals surface area contributed by atoms with Gasteiger partial charge in [-0.05, 0) is 17.4 Å². The number of carbonyl (C=O) groups excluding carboxylic acids is 1. The molecule has 1 atom stereocenters. The second-order valence-electron chi connectivity index (χ2n) is 5.00. The molecule has 0 bridgehead atoms. The van der Waals surface area contributed by atoms with E-state index in [0.717, 1.165) is 23.7 Å². The molecule has 0 heterocycles. The lowest BCUT2D eigenvalue weighted by Gasteiger charge is -2.45. The molecule has 0 N–H and O–H groups in total. The van der Waals surface area contributed by atoms with Crippen LogP contribution in [0.1, 0.15) is 27.2 Å². The molecule has 0 saturated heterocycles. The molecule has 0 aromatic rings. The molecule has 0 aliphatic heterocycles. The average molecular weight is 258 g/mol. The number of carbonyl (C=O) groups is 1. The molecule has 0 radical (unpaired) electrons. The second kappa shape index (κ2) is 4.67. The van der Waals surface area contributed by atoms with Gasteiger partial charge in [-0.15, -0.1) is 5.73 Å². The molecule has 4 nitrogen and oxygen atoms in total. The third-order valence-electron chi connectivity index (χ3n) is 3.18. The Kier molecular flexibility index (Phi) is 3.84. The minimum atomic E-state index is -3.13. The van der Waals surface area contributed by atoms with E-state index in [-0.39, 0.29) is 17.3 Å². The minimum absolute atomic E-state index is 0.156. The molecule has 0 amide bonds. The molecule has 0 aromatic heterocycles. The van der Waals surface area contributed by atoms with Crippen molar-refractivity contribution in [1.29, 1.82) is 0 Å². The zero-order valence-electron chi connectivity index (χ0n) is 10.6. The molecule has 0 spiro atoms. The van der Waals surface area contributed by atoms with Gasteiger partial charge in [-0.3, -0.25) is 4.79 Å². The molecule has 1 unspecified atom stereocenters. The second-order valence-corrected chi connectivity index (χ2v) is 6.89. The van der Waals surface area contributed by atoms with Crippen molar-refractivity contribution in [3.05, 3.63) is 16.7 Å². The summed E-state index contributed by atoms with van der Waals surface area (Å²) in [7, 11) is -3.13. The van der Waals surface area contributed by atoms with Crippen LogP contribution >= 0.6 is 0 Å². The third-order valence-corrected chi connectivity index (χ3v) is 3.73. The summed E-state index contributed by atoms with van der Waals surface area (Å²) < 4.78 is 26.9. The van der Waals surface area contributed by atoms with Gasteiger partial charge >= 0.3 is 5.97 Å². The first-order valence-corrected chi connectivity index (χ1v) is 7.38. The summed E-state index contributed by atoms with van der Waals surface area (Å²) in [5, 5.41) is 1.10. The van der Waals surface area contributed by atoms with Gasteiger partial charge in [0.2, 0.25) is 0 Å². The van der Waals surface area contributed by atoms with Crippen LogP contribution in [0.15, 0.2) is 16.7 Å². The summed E-state index contributed by atoms with van der Waals surface area (Å²) in [4.78, 5) is 10.7. The van der Waals surface area contributed by atoms with E-state index in [4.69, 9.17) is 4.74 Å². The van der Waals surface area contributed by atoms with Crippen molar-refractivity contribution in [2.24, 2.45) is 11.3 Å². The van der Waals surface area contributed by atoms with Crippen LogP contribution in [0, 0.1) is 11.3 Å². The number of hydrogen-bond donors (Lipinski definition) is 0. The number of rotatable bonds is 3. The number of esters is 1. The monoisotopic (exact) mass is 258 g/mol. The zero-order chi connectivity index (χ0) is 13.3. The van der Waals surface area contributed by atoms with Crippen molar-refractivity contribution in [2.45, 2.75) is 27.2 Å². The van der Waals surface area contributed by atoms with Gasteiger partial charge in [-0.25, -0.2) is 8.42 Å². The Bertz CT molecular complexity index is 479. The highest BCUT2D eigenvalue weighted by molar-refractivity contribution is 7.93. The van der Waals surface area contributed by atoms with Crippen LogP contribution in [-0.4, -0.2) is 27.2 Å². The van der Waals surface area contributed by atoms with Crippen molar-refractivity contribution in [2.75, 3.05) is 12.9 Å². The van der Waals surface area contributed by atoms with Crippen LogP contribution < -0.4 is 0 Å². The lowest BCUT2D eigenvalue weighted by atomic mass is 9.59. The Morgan fingerprint density at radius 2 is 2.18 bits per heavy atom. The van der Waals surface area contributed by atoms with Gasteiger partial charge in [0, 0.05) is 19.1 Å². The lowest BCUT2D eigenvalue weighted by Crippen LogP contribution is -2.40. The van der Waals surface area contributed by atoms with Crippen molar-refractivity contribution >= 4 is 15.8 Å². The maximum Gasteiger partial charge on any atom is 0.302 e. The highest BCUT2D eigenvalue weighted by Crippen LogP contribution is 2.50. The normalized spacial score (nSPS) is 22.4. The maximum absolute atomic E-state index is 11.0. The highest BCUT2D eigenvalue weighted by atomic mass is 32.2. The Labute approximate surface area is 102 Å². The molecule has 1 rings (SSSR count). The average Bonchev–Trinajstić information content (AvgIpc) is 2.13. The first-order chi connectivity index (χ1) is 7.63. The molecule has 1 fully saturated rings. The minimum Gasteiger partial charge on any atom is -0.466 e. The SMILES string of the molecule is CC(=O)OCC1CC(=C=CS(C)(=O)=O)C1(C)C. The summed E-state index contributed by atoms with van der Waals surface area (Å²) in [5.41, 5.74) is 3.63. The topological polar surface area (TPSA) is 60.4 Å². The van der Waals surface area contributed by atoms with E-state index in [1.54, 1.807) is 0 Å². The van der Waals surface area contributed by atoms with E-state index in [0.29, 0.717) is 6.61 Å². The first-order valence-electron chi connectivity index (χ1n) is 5.42.